The van der Waals surface area contributed by atoms with Gasteiger partial charge in [-0.1, -0.05) is 24.3 Å². The van der Waals surface area contributed by atoms with Crippen molar-refractivity contribution in [3.05, 3.63) is 89.5 Å². The van der Waals surface area contributed by atoms with Gasteiger partial charge in [0.2, 0.25) is 5.91 Å². The van der Waals surface area contributed by atoms with Crippen LogP contribution in [0.3, 0.4) is 0 Å². The van der Waals surface area contributed by atoms with Gasteiger partial charge < -0.3 is 25.4 Å². The Balaban J connectivity index is 1.38. The van der Waals surface area contributed by atoms with Gasteiger partial charge in [-0.3, -0.25) is 9.59 Å². The Morgan fingerprint density at radius 1 is 1.00 bits per heavy atom. The van der Waals surface area contributed by atoms with Crippen LogP contribution in [0.5, 0.6) is 5.75 Å². The summed E-state index contributed by atoms with van der Waals surface area (Å²) in [7, 11) is 1.53. The van der Waals surface area contributed by atoms with Crippen molar-refractivity contribution >= 4 is 23.2 Å². The van der Waals surface area contributed by atoms with Crippen LogP contribution in [0.25, 0.3) is 0 Å². The Labute approximate surface area is 212 Å². The molecule has 3 aromatic carbocycles. The van der Waals surface area contributed by atoms with E-state index in [1.54, 1.807) is 48.5 Å². The zero-order valence-corrected chi connectivity index (χ0v) is 20.0. The summed E-state index contributed by atoms with van der Waals surface area (Å²) >= 11 is 0. The van der Waals surface area contributed by atoms with Crippen molar-refractivity contribution in [2.75, 3.05) is 25.6 Å². The molecule has 1 heterocycles. The third-order valence-electron chi connectivity index (χ3n) is 6.08. The van der Waals surface area contributed by atoms with Gasteiger partial charge in [-0.25, -0.2) is 0 Å². The first-order valence-electron chi connectivity index (χ1n) is 11.5. The molecule has 10 heteroatoms. The monoisotopic (exact) mass is 513 g/mol. The van der Waals surface area contributed by atoms with Crippen LogP contribution in [-0.2, 0) is 22.3 Å². The van der Waals surface area contributed by atoms with E-state index in [0.29, 0.717) is 30.0 Å². The minimum Gasteiger partial charge on any atom is -0.497 e. The Morgan fingerprint density at radius 3 is 2.32 bits per heavy atom. The lowest BCUT2D eigenvalue weighted by molar-refractivity contribution is -0.137. The first-order chi connectivity index (χ1) is 17.7. The zero-order valence-electron chi connectivity index (χ0n) is 20.0. The lowest BCUT2D eigenvalue weighted by Gasteiger charge is -2.27. The molecule has 3 N–H and O–H groups in total. The van der Waals surface area contributed by atoms with Crippen LogP contribution in [0.15, 0.2) is 72.8 Å². The number of benzene rings is 3. The molecule has 4 rings (SSSR count). The Bertz CT molecular complexity index is 1240. The van der Waals surface area contributed by atoms with Gasteiger partial charge in [0.25, 0.3) is 5.91 Å². The average molecular weight is 514 g/mol. The van der Waals surface area contributed by atoms with Crippen LogP contribution >= 0.6 is 0 Å². The largest absolute Gasteiger partial charge is 0.497 e. The van der Waals surface area contributed by atoms with E-state index in [9.17, 15) is 22.8 Å². The number of carbonyl (C=O) groups is 2. The van der Waals surface area contributed by atoms with Crippen LogP contribution in [-0.4, -0.2) is 37.7 Å². The topological polar surface area (TPSA) is 88.7 Å². The summed E-state index contributed by atoms with van der Waals surface area (Å²) in [6, 6.07) is 18.4. The Morgan fingerprint density at radius 2 is 1.70 bits per heavy atom. The van der Waals surface area contributed by atoms with Crippen molar-refractivity contribution in [2.45, 2.75) is 24.7 Å². The Hall–Kier alpha value is -4.05. The number of rotatable bonds is 8. The van der Waals surface area contributed by atoms with E-state index in [4.69, 9.17) is 9.47 Å². The van der Waals surface area contributed by atoms with E-state index < -0.39 is 23.2 Å². The maximum Gasteiger partial charge on any atom is 0.418 e. The summed E-state index contributed by atoms with van der Waals surface area (Å²) in [6.45, 7) is 0.538. The smallest absolute Gasteiger partial charge is 0.418 e. The van der Waals surface area contributed by atoms with Gasteiger partial charge in [-0.2, -0.15) is 13.2 Å². The van der Waals surface area contributed by atoms with Crippen LogP contribution in [0.1, 0.15) is 27.9 Å². The van der Waals surface area contributed by atoms with Gasteiger partial charge in [0.05, 0.1) is 25.0 Å². The predicted molar refractivity (Wildman–Crippen MR) is 132 cm³/mol. The molecule has 0 unspecified atom stereocenters. The third-order valence-corrected chi connectivity index (χ3v) is 6.08. The van der Waals surface area contributed by atoms with Gasteiger partial charge in [-0.05, 0) is 54.1 Å². The average Bonchev–Trinajstić information content (AvgIpc) is 3.37. The molecule has 0 spiro atoms. The molecule has 194 valence electrons. The fourth-order valence-corrected chi connectivity index (χ4v) is 3.98. The van der Waals surface area contributed by atoms with E-state index in [1.807, 2.05) is 0 Å². The van der Waals surface area contributed by atoms with Crippen LogP contribution < -0.4 is 20.7 Å². The molecule has 1 aliphatic rings. The highest BCUT2D eigenvalue weighted by molar-refractivity contribution is 5.99. The fraction of sp³-hybridized carbons (Fsp3) is 0.259. The van der Waals surface area contributed by atoms with Gasteiger partial charge in [0, 0.05) is 30.8 Å². The molecule has 0 bridgehead atoms. The quantitative estimate of drug-likeness (QED) is 0.408. The minimum absolute atomic E-state index is 0.0438. The number of nitrogens with one attached hydrogen (secondary N) is 3. The normalized spacial score (nSPS) is 17.2. The van der Waals surface area contributed by atoms with Crippen molar-refractivity contribution in [3.8, 4) is 5.75 Å². The molecule has 37 heavy (non-hydrogen) atoms. The van der Waals surface area contributed by atoms with Crippen LogP contribution in [0.4, 0.5) is 24.5 Å². The molecule has 2 amide bonds. The molecule has 0 aromatic heterocycles. The van der Waals surface area contributed by atoms with Crippen LogP contribution in [0, 0.1) is 0 Å². The number of ether oxygens (including phenoxy) is 2. The van der Waals surface area contributed by atoms with Crippen molar-refractivity contribution in [3.63, 3.8) is 0 Å². The number of anilines is 2. The standard InChI is InChI=1S/C27H26F3N3O4/c1-36-21-12-8-19(9-13-21)24(34)33-26(14-15-37-17-26)25(35)31-16-18-6-10-20(11-7-18)32-23-5-3-2-4-22(23)27(28,29)30/h2-13,32H,14-17H2,1H3,(H,31,35)(H,33,34)/t26-/m0/s1. The summed E-state index contributed by atoms with van der Waals surface area (Å²) in [4.78, 5) is 25.9. The highest BCUT2D eigenvalue weighted by Gasteiger charge is 2.43. The number of hydrogen-bond acceptors (Lipinski definition) is 5. The summed E-state index contributed by atoms with van der Waals surface area (Å²) in [6.07, 6.45) is -4.15. The van der Waals surface area contributed by atoms with Crippen molar-refractivity contribution in [1.29, 1.82) is 0 Å². The van der Waals surface area contributed by atoms with Crippen molar-refractivity contribution in [2.24, 2.45) is 0 Å². The summed E-state index contributed by atoms with van der Waals surface area (Å²) in [5.41, 5.74) is -0.424. The number of para-hydroxylation sites is 1. The third kappa shape index (κ3) is 6.21. The summed E-state index contributed by atoms with van der Waals surface area (Å²) < 4.78 is 50.2. The highest BCUT2D eigenvalue weighted by atomic mass is 19.4. The Kier molecular flexibility index (Phi) is 7.68. The second-order valence-corrected chi connectivity index (χ2v) is 8.62. The van der Waals surface area contributed by atoms with E-state index in [1.165, 1.54) is 25.3 Å². The number of alkyl halides is 3. The molecule has 0 aliphatic carbocycles. The molecule has 1 saturated heterocycles. The summed E-state index contributed by atoms with van der Waals surface area (Å²) in [5, 5.41) is 8.44. The molecular weight excluding hydrogens is 487 g/mol. The lowest BCUT2D eigenvalue weighted by atomic mass is 9.96. The first-order valence-corrected chi connectivity index (χ1v) is 11.5. The van der Waals surface area contributed by atoms with Crippen molar-refractivity contribution in [1.82, 2.24) is 10.6 Å². The molecule has 1 fully saturated rings. The zero-order chi connectivity index (χ0) is 26.5. The van der Waals surface area contributed by atoms with Crippen LogP contribution in [0.2, 0.25) is 0 Å². The maximum absolute atomic E-state index is 13.2. The second-order valence-electron chi connectivity index (χ2n) is 8.62. The molecule has 3 aromatic rings. The van der Waals surface area contributed by atoms with E-state index >= 15 is 0 Å². The van der Waals surface area contributed by atoms with Gasteiger partial charge >= 0.3 is 6.18 Å². The van der Waals surface area contributed by atoms with Crippen molar-refractivity contribution < 1.29 is 32.2 Å². The molecule has 1 atom stereocenters. The van der Waals surface area contributed by atoms with Gasteiger partial charge in [0.15, 0.2) is 0 Å². The number of methoxy groups -OCH3 is 1. The first kappa shape index (κ1) is 26.0. The van der Waals surface area contributed by atoms with E-state index in [0.717, 1.165) is 11.6 Å². The highest BCUT2D eigenvalue weighted by Crippen LogP contribution is 2.35. The number of hydrogen-bond donors (Lipinski definition) is 3. The number of halogens is 3. The molecule has 0 saturated carbocycles. The molecular formula is C27H26F3N3O4. The van der Waals surface area contributed by atoms with E-state index in [-0.39, 0.29) is 24.7 Å². The number of carbonyl (C=O) groups excluding carboxylic acids is 2. The molecule has 1 aliphatic heterocycles. The van der Waals surface area contributed by atoms with Gasteiger partial charge in [-0.15, -0.1) is 0 Å². The second kappa shape index (κ2) is 10.9. The molecule has 0 radical (unpaired) electrons. The molecule has 7 nitrogen and oxygen atoms in total. The lowest BCUT2D eigenvalue weighted by Crippen LogP contribution is -2.59. The number of amides is 2. The predicted octanol–water partition coefficient (Wildman–Crippen LogP) is 4.66. The minimum atomic E-state index is -4.48. The maximum atomic E-state index is 13.2. The SMILES string of the molecule is COc1ccc(C(=O)N[C@@]2(C(=O)NCc3ccc(Nc4ccccc4C(F)(F)F)cc3)CCOC2)cc1. The van der Waals surface area contributed by atoms with Gasteiger partial charge in [0.1, 0.15) is 11.3 Å². The van der Waals surface area contributed by atoms with E-state index in [2.05, 4.69) is 16.0 Å². The summed E-state index contributed by atoms with van der Waals surface area (Å²) in [5.74, 6) is -0.176. The fourth-order valence-electron chi connectivity index (χ4n) is 3.98.